The molecule has 0 aromatic heterocycles. The monoisotopic (exact) mass is 412 g/mol. The second-order valence-corrected chi connectivity index (χ2v) is 10.2. The van der Waals surface area contributed by atoms with Gasteiger partial charge in [-0.25, -0.2) is 4.79 Å². The minimum Gasteiger partial charge on any atom is -0.430 e. The lowest BCUT2D eigenvalue weighted by molar-refractivity contribution is -0.142. The van der Waals surface area contributed by atoms with Gasteiger partial charge in [-0.3, -0.25) is 0 Å². The van der Waals surface area contributed by atoms with Gasteiger partial charge in [-0.2, -0.15) is 0 Å². The first-order chi connectivity index (χ1) is 7.48. The van der Waals surface area contributed by atoms with Crippen molar-refractivity contribution >= 4 is 53.8 Å². The van der Waals surface area contributed by atoms with Gasteiger partial charge in [0.05, 0.1) is 0 Å². The van der Waals surface area contributed by atoms with Crippen LogP contribution in [0.4, 0.5) is 0 Å². The van der Waals surface area contributed by atoms with Crippen LogP contribution in [0.1, 0.15) is 11.7 Å². The van der Waals surface area contributed by atoms with E-state index < -0.39 is 14.5 Å². The lowest BCUT2D eigenvalue weighted by Gasteiger charge is -2.18. The van der Waals surface area contributed by atoms with Gasteiger partial charge in [0.25, 0.3) is 0 Å². The van der Waals surface area contributed by atoms with E-state index >= 15 is 0 Å². The molecule has 0 radical (unpaired) electrons. The first-order valence-electron chi connectivity index (χ1n) is 4.46. The number of halogens is 3. The third kappa shape index (κ3) is 2.67. The Bertz CT molecular complexity index is 388. The van der Waals surface area contributed by atoms with Crippen LogP contribution in [0.15, 0.2) is 30.3 Å². The molecule has 3 nitrogen and oxygen atoms in total. The highest BCUT2D eigenvalue weighted by atomic mass is 80.0. The van der Waals surface area contributed by atoms with Crippen LogP contribution in [-0.2, 0) is 14.3 Å². The third-order valence-corrected chi connectivity index (χ3v) is 3.19. The zero-order valence-electron chi connectivity index (χ0n) is 7.90. The van der Waals surface area contributed by atoms with Crippen LogP contribution >= 0.6 is 47.8 Å². The molecule has 0 unspecified atom stereocenters. The van der Waals surface area contributed by atoms with Crippen molar-refractivity contribution in [2.75, 3.05) is 0 Å². The second-order valence-electron chi connectivity index (χ2n) is 3.24. The summed E-state index contributed by atoms with van der Waals surface area (Å²) in [5, 5.41) is 0. The van der Waals surface area contributed by atoms with E-state index in [4.69, 9.17) is 9.47 Å². The molecule has 16 heavy (non-hydrogen) atoms. The van der Waals surface area contributed by atoms with Gasteiger partial charge < -0.3 is 9.47 Å². The van der Waals surface area contributed by atoms with E-state index in [1.807, 2.05) is 30.3 Å². The molecule has 1 heterocycles. The predicted octanol–water partition coefficient (Wildman–Crippen LogP) is 3.47. The number of carbonyl (C=O) groups is 1. The Morgan fingerprint density at radius 1 is 1.12 bits per heavy atom. The highest BCUT2D eigenvalue weighted by molar-refractivity contribution is 9.39. The van der Waals surface area contributed by atoms with Gasteiger partial charge in [-0.05, 0) is 5.56 Å². The van der Waals surface area contributed by atoms with E-state index in [-0.39, 0.29) is 5.97 Å². The van der Waals surface area contributed by atoms with Gasteiger partial charge in [0.15, 0.2) is 8.25 Å². The van der Waals surface area contributed by atoms with E-state index in [1.165, 1.54) is 0 Å². The summed E-state index contributed by atoms with van der Waals surface area (Å²) in [4.78, 5) is 11.6. The summed E-state index contributed by atoms with van der Waals surface area (Å²) in [6.07, 6.45) is -1.39. The van der Waals surface area contributed by atoms with E-state index in [2.05, 4.69) is 47.8 Å². The highest BCUT2D eigenvalue weighted by Gasteiger charge is 2.45. The Morgan fingerprint density at radius 3 is 2.25 bits per heavy atom. The summed E-state index contributed by atoms with van der Waals surface area (Å²) in [6.45, 7) is 0. The largest absolute Gasteiger partial charge is 0.430 e. The number of hydrogen-bond donors (Lipinski definition) is 0. The second kappa shape index (κ2) is 4.76. The van der Waals surface area contributed by atoms with Crippen LogP contribution in [0.25, 0.3) is 0 Å². The van der Waals surface area contributed by atoms with E-state index in [0.29, 0.717) is 0 Å². The molecule has 1 saturated heterocycles. The first-order valence-corrected chi connectivity index (χ1v) is 6.84. The van der Waals surface area contributed by atoms with E-state index in [9.17, 15) is 4.79 Å². The van der Waals surface area contributed by atoms with Crippen molar-refractivity contribution in [3.63, 3.8) is 0 Å². The number of cyclic esters (lactones) is 1. The van der Waals surface area contributed by atoms with Crippen LogP contribution < -0.4 is 0 Å². The number of carbonyl (C=O) groups excluding carboxylic acids is 1. The third-order valence-electron chi connectivity index (χ3n) is 2.07. The fourth-order valence-electron chi connectivity index (χ4n) is 1.36. The van der Waals surface area contributed by atoms with Crippen LogP contribution in [0.3, 0.4) is 0 Å². The Hall–Kier alpha value is 0.0900. The fraction of sp³-hybridized carbons (Fsp3) is 0.300. The van der Waals surface area contributed by atoms with Crippen molar-refractivity contribution in [2.45, 2.75) is 14.5 Å². The fourth-order valence-corrected chi connectivity index (χ4v) is 1.96. The summed E-state index contributed by atoms with van der Waals surface area (Å²) in [6, 6.07) is 9.23. The van der Waals surface area contributed by atoms with Gasteiger partial charge >= 0.3 is 5.97 Å². The van der Waals surface area contributed by atoms with Crippen LogP contribution in [-0.4, -0.2) is 14.4 Å². The lowest BCUT2D eigenvalue weighted by Crippen LogP contribution is -2.24. The Morgan fingerprint density at radius 2 is 1.75 bits per heavy atom. The predicted molar refractivity (Wildman–Crippen MR) is 69.7 cm³/mol. The summed E-state index contributed by atoms with van der Waals surface area (Å²) >= 11 is 9.79. The minimum absolute atomic E-state index is 0.390. The van der Waals surface area contributed by atoms with Gasteiger partial charge in [0.1, 0.15) is 0 Å². The summed E-state index contributed by atoms with van der Waals surface area (Å²) in [5.41, 5.74) is 0.784. The van der Waals surface area contributed by atoms with E-state index in [0.717, 1.165) is 5.56 Å². The van der Waals surface area contributed by atoms with Crippen molar-refractivity contribution < 1.29 is 14.3 Å². The average Bonchev–Trinajstić information content (AvgIpc) is 2.61. The smallest absolute Gasteiger partial charge is 0.342 e. The van der Waals surface area contributed by atoms with Crippen molar-refractivity contribution in [2.24, 2.45) is 0 Å². The molecular formula is C10H7Br3O3. The molecule has 1 aliphatic rings. The van der Waals surface area contributed by atoms with Crippen LogP contribution in [0.2, 0.25) is 0 Å². The molecule has 1 aromatic rings. The molecule has 0 N–H and O–H groups in total. The lowest BCUT2D eigenvalue weighted by atomic mass is 10.1. The quantitative estimate of drug-likeness (QED) is 0.521. The van der Waals surface area contributed by atoms with Crippen molar-refractivity contribution in [1.29, 1.82) is 0 Å². The molecule has 2 rings (SSSR count). The molecule has 86 valence electrons. The molecule has 1 aliphatic heterocycles. The normalized spacial score (nSPS) is 25.6. The number of benzene rings is 1. The molecular weight excluding hydrogens is 408 g/mol. The number of hydrogen-bond acceptors (Lipinski definition) is 3. The molecule has 1 fully saturated rings. The van der Waals surface area contributed by atoms with Gasteiger partial charge in [-0.15, -0.1) is 0 Å². The number of rotatable bonds is 1. The average molecular weight is 415 g/mol. The molecule has 0 bridgehead atoms. The van der Waals surface area contributed by atoms with Gasteiger partial charge in [-0.1, -0.05) is 78.1 Å². The summed E-state index contributed by atoms with van der Waals surface area (Å²) in [5.74, 6) is -0.390. The van der Waals surface area contributed by atoms with Crippen molar-refractivity contribution in [1.82, 2.24) is 0 Å². The van der Waals surface area contributed by atoms with Crippen LogP contribution in [0.5, 0.6) is 0 Å². The molecule has 0 amide bonds. The standard InChI is InChI=1S/C10H7Br3O3/c11-10(12,13)9-15-7(8(14)16-9)6-4-2-1-3-5-6/h1-5,7,9H/t7-,9-/m1/s1. The zero-order valence-corrected chi connectivity index (χ0v) is 12.7. The summed E-state index contributed by atoms with van der Waals surface area (Å²) < 4.78 is 9.85. The Balaban J connectivity index is 2.18. The minimum atomic E-state index is -0.758. The van der Waals surface area contributed by atoms with Crippen molar-refractivity contribution in [3.8, 4) is 0 Å². The topological polar surface area (TPSA) is 35.5 Å². The number of ether oxygens (including phenoxy) is 2. The molecule has 6 heteroatoms. The van der Waals surface area contributed by atoms with Crippen molar-refractivity contribution in [3.05, 3.63) is 35.9 Å². The first kappa shape index (κ1) is 12.5. The molecule has 0 saturated carbocycles. The molecule has 1 aromatic carbocycles. The molecule has 0 spiro atoms. The number of esters is 1. The molecule has 0 aliphatic carbocycles. The van der Waals surface area contributed by atoms with E-state index in [1.54, 1.807) is 0 Å². The maximum atomic E-state index is 11.6. The number of alkyl halides is 3. The maximum Gasteiger partial charge on any atom is 0.342 e. The zero-order chi connectivity index (χ0) is 11.8. The Kier molecular flexibility index (Phi) is 3.73. The maximum absolute atomic E-state index is 11.6. The highest BCUT2D eigenvalue weighted by Crippen LogP contribution is 2.44. The SMILES string of the molecule is O=C1O[C@H](C(Br)(Br)Br)O[C@@H]1c1ccccc1. The van der Waals surface area contributed by atoms with Gasteiger partial charge in [0.2, 0.25) is 6.29 Å². The molecule has 2 atom stereocenters. The van der Waals surface area contributed by atoms with Gasteiger partial charge in [0, 0.05) is 0 Å². The Labute approximate surface area is 118 Å². The summed E-state index contributed by atoms with van der Waals surface area (Å²) in [7, 11) is 0. The van der Waals surface area contributed by atoms with Crippen LogP contribution in [0, 0.1) is 0 Å².